The van der Waals surface area contributed by atoms with Crippen molar-refractivity contribution in [3.05, 3.63) is 47.6 Å². The van der Waals surface area contributed by atoms with E-state index in [9.17, 15) is 19.8 Å². The third kappa shape index (κ3) is 7.37. The number of esters is 1. The van der Waals surface area contributed by atoms with Crippen molar-refractivity contribution in [3.8, 4) is 11.5 Å². The highest BCUT2D eigenvalue weighted by atomic mass is 16.6. The van der Waals surface area contributed by atoms with Crippen LogP contribution < -0.4 is 0 Å². The van der Waals surface area contributed by atoms with Crippen LogP contribution in [0.25, 0.3) is 0 Å². The Kier molecular flexibility index (Phi) is 8.92. The zero-order chi connectivity index (χ0) is 23.6. The van der Waals surface area contributed by atoms with E-state index in [1.165, 1.54) is 6.07 Å². The molecule has 2 heterocycles. The summed E-state index contributed by atoms with van der Waals surface area (Å²) in [5.74, 6) is -1.33. The minimum absolute atomic E-state index is 0.0221. The van der Waals surface area contributed by atoms with Crippen molar-refractivity contribution >= 4 is 17.6 Å². The molecule has 1 atom stereocenters. The summed E-state index contributed by atoms with van der Waals surface area (Å²) in [5.41, 5.74) is 0.785. The first-order valence-electron chi connectivity index (χ1n) is 11.5. The van der Waals surface area contributed by atoms with Gasteiger partial charge in [-0.2, -0.15) is 0 Å². The van der Waals surface area contributed by atoms with Gasteiger partial charge >= 0.3 is 5.97 Å². The topological polar surface area (TPSA) is 109 Å². The number of amides is 1. The van der Waals surface area contributed by atoms with Gasteiger partial charge in [0.2, 0.25) is 0 Å². The number of carbonyl (C=O) groups is 2. The number of cyclic esters (lactones) is 1. The molecule has 178 valence electrons. The minimum atomic E-state index is -0.676. The minimum Gasteiger partial charge on any atom is -0.508 e. The van der Waals surface area contributed by atoms with E-state index in [1.54, 1.807) is 17.9 Å². The molecule has 1 amide bonds. The third-order valence-electron chi connectivity index (χ3n) is 5.59. The lowest BCUT2D eigenvalue weighted by atomic mass is 9.99. The second-order valence-electron chi connectivity index (χ2n) is 8.38. The van der Waals surface area contributed by atoms with E-state index in [2.05, 4.69) is 5.16 Å². The fourth-order valence-electron chi connectivity index (χ4n) is 3.87. The number of rotatable bonds is 3. The molecule has 1 fully saturated rings. The number of allylic oxidation sites excluding steroid dienone is 3. The van der Waals surface area contributed by atoms with Gasteiger partial charge in [-0.05, 0) is 56.7 Å². The van der Waals surface area contributed by atoms with Gasteiger partial charge in [0, 0.05) is 32.0 Å². The number of nitrogens with zero attached hydrogens (tertiary/aromatic N) is 2. The third-order valence-corrected chi connectivity index (χ3v) is 5.59. The molecule has 0 aromatic heterocycles. The summed E-state index contributed by atoms with van der Waals surface area (Å²) < 4.78 is 5.49. The average molecular weight is 457 g/mol. The summed E-state index contributed by atoms with van der Waals surface area (Å²) >= 11 is 0. The van der Waals surface area contributed by atoms with Crippen molar-refractivity contribution in [2.75, 3.05) is 19.7 Å². The monoisotopic (exact) mass is 456 g/mol. The number of carbonyl (C=O) groups excluding carboxylic acids is 2. The van der Waals surface area contributed by atoms with Crippen molar-refractivity contribution < 1.29 is 29.4 Å². The number of hydrogen-bond acceptors (Lipinski definition) is 7. The second-order valence-corrected chi connectivity index (χ2v) is 8.38. The highest BCUT2D eigenvalue weighted by Crippen LogP contribution is 2.29. The predicted molar refractivity (Wildman–Crippen MR) is 124 cm³/mol. The van der Waals surface area contributed by atoms with Gasteiger partial charge in [-0.3, -0.25) is 4.79 Å². The van der Waals surface area contributed by atoms with Crippen LogP contribution in [0.15, 0.2) is 41.6 Å². The van der Waals surface area contributed by atoms with Gasteiger partial charge in [-0.1, -0.05) is 23.4 Å². The number of oxime groups is 1. The van der Waals surface area contributed by atoms with Gasteiger partial charge in [0.25, 0.3) is 5.91 Å². The van der Waals surface area contributed by atoms with Gasteiger partial charge in [0.05, 0.1) is 5.71 Å². The molecule has 2 N–H and O–H groups in total. The largest absolute Gasteiger partial charge is 0.508 e. The van der Waals surface area contributed by atoms with Gasteiger partial charge < -0.3 is 24.7 Å². The van der Waals surface area contributed by atoms with Crippen LogP contribution in [0.1, 0.15) is 61.4 Å². The number of piperidine rings is 1. The zero-order valence-electron chi connectivity index (χ0n) is 19.0. The maximum atomic E-state index is 12.8. The molecular weight excluding hydrogens is 424 g/mol. The van der Waals surface area contributed by atoms with Crippen LogP contribution in [0.2, 0.25) is 0 Å². The maximum Gasteiger partial charge on any atom is 0.342 e. The van der Waals surface area contributed by atoms with Crippen LogP contribution in [0, 0.1) is 0 Å². The first kappa shape index (κ1) is 24.4. The SMILES string of the molecule is C[C@@H]1C/C=C/CC/C=C/C(=N/OCC(=O)N2CCCCC2)Cc2cc(O)cc(O)c2C(=O)O1. The number of aromatic hydroxyl groups is 2. The van der Waals surface area contributed by atoms with E-state index in [1.807, 2.05) is 18.2 Å². The Hall–Kier alpha value is -3.29. The summed E-state index contributed by atoms with van der Waals surface area (Å²) in [6, 6.07) is 2.50. The standard InChI is InChI=1S/C25H32N2O6/c1-18-10-6-3-2-4-7-11-20(26-32-17-23(30)27-12-8-5-9-13-27)14-19-15-21(28)16-22(29)24(19)25(31)33-18/h3,6-7,11,15-16,18,28-29H,2,4-5,8-10,12-14,17H2,1H3/b6-3+,11-7+,26-20-/t18-/m1/s1. The number of likely N-dealkylation sites (tertiary alicyclic amines) is 1. The fraction of sp³-hybridized carbons (Fsp3) is 0.480. The van der Waals surface area contributed by atoms with Crippen LogP contribution in [0.5, 0.6) is 11.5 Å². The van der Waals surface area contributed by atoms with Gasteiger partial charge in [0.1, 0.15) is 23.2 Å². The molecule has 0 saturated carbocycles. The Morgan fingerprint density at radius 3 is 2.70 bits per heavy atom. The van der Waals surface area contributed by atoms with Crippen LogP contribution in [0.4, 0.5) is 0 Å². The summed E-state index contributed by atoms with van der Waals surface area (Å²) in [5, 5.41) is 24.5. The van der Waals surface area contributed by atoms with Crippen molar-refractivity contribution in [3.63, 3.8) is 0 Å². The molecule has 0 radical (unpaired) electrons. The summed E-state index contributed by atoms with van der Waals surface area (Å²) in [7, 11) is 0. The van der Waals surface area contributed by atoms with Crippen molar-refractivity contribution in [2.24, 2.45) is 5.16 Å². The molecular formula is C25H32N2O6. The number of phenolic OH excluding ortho intramolecular Hbond substituents is 2. The second kappa shape index (κ2) is 12.1. The smallest absolute Gasteiger partial charge is 0.342 e. The molecule has 0 spiro atoms. The van der Waals surface area contributed by atoms with Gasteiger partial charge in [0.15, 0.2) is 6.61 Å². The number of phenols is 2. The Labute approximate surface area is 194 Å². The van der Waals surface area contributed by atoms with Crippen molar-refractivity contribution in [1.29, 1.82) is 0 Å². The normalized spacial score (nSPS) is 23.2. The molecule has 33 heavy (non-hydrogen) atoms. The van der Waals surface area contributed by atoms with E-state index >= 15 is 0 Å². The Morgan fingerprint density at radius 1 is 1.15 bits per heavy atom. The number of benzene rings is 1. The zero-order valence-corrected chi connectivity index (χ0v) is 19.0. The van der Waals surface area contributed by atoms with E-state index in [4.69, 9.17) is 9.57 Å². The van der Waals surface area contributed by atoms with E-state index in [0.29, 0.717) is 17.7 Å². The first-order valence-corrected chi connectivity index (χ1v) is 11.5. The van der Waals surface area contributed by atoms with Crippen LogP contribution in [-0.2, 0) is 20.8 Å². The molecule has 1 saturated heterocycles. The van der Waals surface area contributed by atoms with Gasteiger partial charge in [-0.15, -0.1) is 0 Å². The number of ether oxygens (including phenoxy) is 1. The lowest BCUT2D eigenvalue weighted by Crippen LogP contribution is -2.37. The van der Waals surface area contributed by atoms with Crippen LogP contribution in [-0.4, -0.2) is 58.5 Å². The van der Waals surface area contributed by atoms with E-state index in [-0.39, 0.29) is 42.1 Å². The molecule has 0 unspecified atom stereocenters. The first-order chi connectivity index (χ1) is 15.9. The quantitative estimate of drug-likeness (QED) is 0.406. The number of hydrogen-bond donors (Lipinski definition) is 2. The molecule has 1 aromatic rings. The molecule has 8 nitrogen and oxygen atoms in total. The number of fused-ring (bicyclic) bond motifs is 1. The highest BCUT2D eigenvalue weighted by molar-refractivity contribution is 6.00. The fourth-order valence-corrected chi connectivity index (χ4v) is 3.87. The van der Waals surface area contributed by atoms with Crippen LogP contribution >= 0.6 is 0 Å². The lowest BCUT2D eigenvalue weighted by Gasteiger charge is -2.26. The summed E-state index contributed by atoms with van der Waals surface area (Å²) in [6.07, 6.45) is 12.7. The molecule has 2 aliphatic rings. The molecule has 3 rings (SSSR count). The molecule has 1 aromatic carbocycles. The highest BCUT2D eigenvalue weighted by Gasteiger charge is 2.22. The lowest BCUT2D eigenvalue weighted by molar-refractivity contribution is -0.137. The van der Waals surface area contributed by atoms with Crippen molar-refractivity contribution in [1.82, 2.24) is 4.90 Å². The molecule has 2 aliphatic heterocycles. The Bertz CT molecular complexity index is 931. The maximum absolute atomic E-state index is 12.8. The van der Waals surface area contributed by atoms with E-state index < -0.39 is 5.97 Å². The van der Waals surface area contributed by atoms with Gasteiger partial charge in [-0.25, -0.2) is 4.79 Å². The predicted octanol–water partition coefficient (Wildman–Crippen LogP) is 3.87. The Morgan fingerprint density at radius 2 is 1.91 bits per heavy atom. The molecule has 8 heteroatoms. The van der Waals surface area contributed by atoms with Crippen molar-refractivity contribution in [2.45, 2.75) is 58.0 Å². The van der Waals surface area contributed by atoms with E-state index in [0.717, 1.165) is 51.3 Å². The van der Waals surface area contributed by atoms with Crippen LogP contribution in [0.3, 0.4) is 0 Å². The molecule has 0 aliphatic carbocycles. The summed E-state index contributed by atoms with van der Waals surface area (Å²) in [4.78, 5) is 32.3. The summed E-state index contributed by atoms with van der Waals surface area (Å²) in [6.45, 7) is 3.08. The average Bonchev–Trinajstić information content (AvgIpc) is 2.77. The Balaban J connectivity index is 1.83. The molecule has 0 bridgehead atoms.